The molecule has 0 unspecified atom stereocenters. The summed E-state index contributed by atoms with van der Waals surface area (Å²) >= 11 is 0. The Bertz CT molecular complexity index is 594. The van der Waals surface area contributed by atoms with Crippen molar-refractivity contribution in [3.05, 3.63) is 66.0 Å². The van der Waals surface area contributed by atoms with E-state index in [1.165, 1.54) is 0 Å². The minimum Gasteiger partial charge on any atom is -0.389 e. The van der Waals surface area contributed by atoms with Gasteiger partial charge >= 0.3 is 0 Å². The zero-order valence-corrected chi connectivity index (χ0v) is 12.1. The molecule has 1 aliphatic heterocycles. The van der Waals surface area contributed by atoms with Crippen molar-refractivity contribution in [1.29, 1.82) is 0 Å². The van der Waals surface area contributed by atoms with Crippen molar-refractivity contribution in [1.82, 2.24) is 0 Å². The number of ether oxygens (including phenoxy) is 2. The average Bonchev–Trinajstić information content (AvgIpc) is 2.98. The van der Waals surface area contributed by atoms with Crippen molar-refractivity contribution in [2.75, 3.05) is 19.8 Å². The van der Waals surface area contributed by atoms with Gasteiger partial charge in [-0.3, -0.25) is 0 Å². The van der Waals surface area contributed by atoms with Crippen LogP contribution in [0.1, 0.15) is 24.1 Å². The molecule has 3 rings (SSSR count). The first-order valence-electron chi connectivity index (χ1n) is 7.18. The van der Waals surface area contributed by atoms with Crippen LogP contribution in [0.5, 0.6) is 0 Å². The summed E-state index contributed by atoms with van der Waals surface area (Å²) in [6.45, 7) is 3.17. The van der Waals surface area contributed by atoms with Crippen molar-refractivity contribution in [3.8, 4) is 0 Å². The second-order valence-electron chi connectivity index (χ2n) is 5.29. The van der Waals surface area contributed by atoms with Crippen LogP contribution < -0.4 is 4.57 Å². The van der Waals surface area contributed by atoms with Gasteiger partial charge < -0.3 is 14.6 Å². The van der Waals surface area contributed by atoms with Crippen molar-refractivity contribution in [2.24, 2.45) is 0 Å². The number of benzene rings is 1. The maximum absolute atomic E-state index is 9.77. The quantitative estimate of drug-likeness (QED) is 0.871. The van der Waals surface area contributed by atoms with Crippen molar-refractivity contribution < 1.29 is 19.1 Å². The average molecular weight is 286 g/mol. The highest BCUT2D eigenvalue weighted by Gasteiger charge is 2.35. The summed E-state index contributed by atoms with van der Waals surface area (Å²) in [4.78, 5) is 0. The SMILES string of the molecule is CC1(c2ccc[n+]([C@@H](CO)c3ccccc3)c2)OCCO1. The van der Waals surface area contributed by atoms with E-state index in [0.717, 1.165) is 11.1 Å². The molecular weight excluding hydrogens is 266 g/mol. The van der Waals surface area contributed by atoms with Gasteiger partial charge in [0.25, 0.3) is 0 Å². The number of nitrogens with zero attached hydrogens (tertiary/aromatic N) is 1. The van der Waals surface area contributed by atoms with Gasteiger partial charge in [-0.15, -0.1) is 0 Å². The van der Waals surface area contributed by atoms with Gasteiger partial charge in [-0.25, -0.2) is 0 Å². The van der Waals surface area contributed by atoms with E-state index >= 15 is 0 Å². The number of pyridine rings is 1. The first-order chi connectivity index (χ1) is 10.2. The lowest BCUT2D eigenvalue weighted by Gasteiger charge is -2.22. The monoisotopic (exact) mass is 286 g/mol. The molecule has 21 heavy (non-hydrogen) atoms. The smallest absolute Gasteiger partial charge is 0.206 e. The van der Waals surface area contributed by atoms with E-state index < -0.39 is 5.79 Å². The summed E-state index contributed by atoms with van der Waals surface area (Å²) in [5.41, 5.74) is 2.03. The maximum atomic E-state index is 9.77. The highest BCUT2D eigenvalue weighted by Crippen LogP contribution is 2.29. The van der Waals surface area contributed by atoms with E-state index in [2.05, 4.69) is 0 Å². The molecule has 4 heteroatoms. The molecule has 0 radical (unpaired) electrons. The zero-order chi connectivity index (χ0) is 14.7. The lowest BCUT2D eigenvalue weighted by atomic mass is 10.1. The number of hydrogen-bond acceptors (Lipinski definition) is 3. The third-order valence-corrected chi connectivity index (χ3v) is 3.90. The molecule has 1 saturated heterocycles. The molecular formula is C17H20NO3+. The number of rotatable bonds is 4. The van der Waals surface area contributed by atoms with Gasteiger partial charge in [0.05, 0.1) is 18.8 Å². The van der Waals surface area contributed by atoms with Gasteiger partial charge in [0.15, 0.2) is 18.2 Å². The second-order valence-corrected chi connectivity index (χ2v) is 5.29. The Morgan fingerprint density at radius 3 is 2.52 bits per heavy atom. The minimum absolute atomic E-state index is 0.0383. The van der Waals surface area contributed by atoms with Crippen molar-refractivity contribution in [3.63, 3.8) is 0 Å². The molecule has 1 atom stereocenters. The summed E-state index contributed by atoms with van der Waals surface area (Å²) < 4.78 is 13.4. The third kappa shape index (κ3) is 2.83. The molecule has 0 saturated carbocycles. The van der Waals surface area contributed by atoms with Gasteiger partial charge in [-0.05, 0) is 13.0 Å². The second kappa shape index (κ2) is 5.93. The molecule has 1 aromatic carbocycles. The topological polar surface area (TPSA) is 42.6 Å². The Hall–Kier alpha value is -1.75. The first kappa shape index (κ1) is 14.2. The molecule has 0 aliphatic carbocycles. The van der Waals surface area contributed by atoms with Crippen LogP contribution in [0.3, 0.4) is 0 Å². The Labute approximate surface area is 124 Å². The van der Waals surface area contributed by atoms with Crippen LogP contribution >= 0.6 is 0 Å². The molecule has 0 spiro atoms. The highest BCUT2D eigenvalue weighted by molar-refractivity contribution is 5.18. The largest absolute Gasteiger partial charge is 0.389 e. The van der Waals surface area contributed by atoms with E-state index in [9.17, 15) is 5.11 Å². The fourth-order valence-corrected chi connectivity index (χ4v) is 2.68. The van der Waals surface area contributed by atoms with Crippen LogP contribution in [0.4, 0.5) is 0 Å². The molecule has 0 bridgehead atoms. The lowest BCUT2D eigenvalue weighted by molar-refractivity contribution is -0.716. The summed E-state index contributed by atoms with van der Waals surface area (Å²) in [5, 5.41) is 9.77. The van der Waals surface area contributed by atoms with Crippen LogP contribution in [0.25, 0.3) is 0 Å². The van der Waals surface area contributed by atoms with Gasteiger partial charge in [-0.2, -0.15) is 4.57 Å². The van der Waals surface area contributed by atoms with E-state index in [1.807, 2.05) is 66.3 Å². The van der Waals surface area contributed by atoms with Gasteiger partial charge in [0.2, 0.25) is 6.04 Å². The Morgan fingerprint density at radius 1 is 1.14 bits per heavy atom. The van der Waals surface area contributed by atoms with E-state index in [4.69, 9.17) is 9.47 Å². The molecule has 1 aliphatic rings. The van der Waals surface area contributed by atoms with Gasteiger partial charge in [0, 0.05) is 11.6 Å². The van der Waals surface area contributed by atoms with Crippen LogP contribution in [0.15, 0.2) is 54.9 Å². The number of aromatic nitrogens is 1. The Kier molecular flexibility index (Phi) is 4.01. The summed E-state index contributed by atoms with van der Waals surface area (Å²) in [6, 6.07) is 13.8. The lowest BCUT2D eigenvalue weighted by Crippen LogP contribution is -2.43. The molecule has 1 fully saturated rings. The van der Waals surface area contributed by atoms with Gasteiger partial charge in [-0.1, -0.05) is 30.3 Å². The Morgan fingerprint density at radius 2 is 1.86 bits per heavy atom. The number of hydrogen-bond donors (Lipinski definition) is 1. The summed E-state index contributed by atoms with van der Waals surface area (Å²) in [5.74, 6) is -0.695. The van der Waals surface area contributed by atoms with E-state index in [-0.39, 0.29) is 12.6 Å². The van der Waals surface area contributed by atoms with Crippen molar-refractivity contribution in [2.45, 2.75) is 18.8 Å². The fourth-order valence-electron chi connectivity index (χ4n) is 2.68. The summed E-state index contributed by atoms with van der Waals surface area (Å²) in [6.07, 6.45) is 3.94. The maximum Gasteiger partial charge on any atom is 0.206 e. The van der Waals surface area contributed by atoms with Crippen LogP contribution in [0, 0.1) is 0 Å². The molecule has 0 amide bonds. The molecule has 2 aromatic rings. The highest BCUT2D eigenvalue weighted by atomic mass is 16.7. The third-order valence-electron chi connectivity index (χ3n) is 3.90. The predicted octanol–water partition coefficient (Wildman–Crippen LogP) is 1.78. The fraction of sp³-hybridized carbons (Fsp3) is 0.353. The van der Waals surface area contributed by atoms with Crippen LogP contribution in [0.2, 0.25) is 0 Å². The molecule has 4 nitrogen and oxygen atoms in total. The normalized spacial score (nSPS) is 18.6. The molecule has 1 N–H and O–H groups in total. The van der Waals surface area contributed by atoms with Gasteiger partial charge in [0.1, 0.15) is 6.61 Å². The van der Waals surface area contributed by atoms with Crippen LogP contribution in [-0.2, 0) is 15.3 Å². The molecule has 2 heterocycles. The van der Waals surface area contributed by atoms with Crippen LogP contribution in [-0.4, -0.2) is 24.9 Å². The molecule has 110 valence electrons. The zero-order valence-electron chi connectivity index (χ0n) is 12.1. The van der Waals surface area contributed by atoms with E-state index in [1.54, 1.807) is 0 Å². The first-order valence-corrected chi connectivity index (χ1v) is 7.18. The number of aliphatic hydroxyl groups is 1. The Balaban J connectivity index is 1.95. The minimum atomic E-state index is -0.695. The molecule has 1 aromatic heterocycles. The summed E-state index contributed by atoms with van der Waals surface area (Å²) in [7, 11) is 0. The standard InChI is InChI=1S/C17H20NO3/c1-17(20-10-11-21-17)15-8-5-9-18(12-15)16(13-19)14-6-3-2-4-7-14/h2-9,12,16,19H,10-11,13H2,1H3/q+1/t16-/m0/s1. The number of aliphatic hydroxyl groups excluding tert-OH is 1. The van der Waals surface area contributed by atoms with Crippen molar-refractivity contribution >= 4 is 0 Å². The van der Waals surface area contributed by atoms with E-state index in [0.29, 0.717) is 13.2 Å². The predicted molar refractivity (Wildman–Crippen MR) is 77.6 cm³/mol.